The van der Waals surface area contributed by atoms with Crippen LogP contribution < -0.4 is 0 Å². The van der Waals surface area contributed by atoms with E-state index >= 15 is 0 Å². The fraction of sp³-hybridized carbons (Fsp3) is 0.538. The van der Waals surface area contributed by atoms with Gasteiger partial charge in [-0.2, -0.15) is 0 Å². The van der Waals surface area contributed by atoms with Gasteiger partial charge in [0.15, 0.2) is 0 Å². The van der Waals surface area contributed by atoms with Crippen LogP contribution in [0.2, 0.25) is 0 Å². The molecule has 1 heterocycles. The highest BCUT2D eigenvalue weighted by atomic mass is 19.1. The summed E-state index contributed by atoms with van der Waals surface area (Å²) in [5, 5.41) is 10.5. The molecule has 1 atom stereocenters. The minimum absolute atomic E-state index is 0.324. The SMILES string of the molecule is Cc1ccc(F)c(C2(O)CCCOCC2)c1. The van der Waals surface area contributed by atoms with Crippen molar-refractivity contribution in [3.05, 3.63) is 35.1 Å². The van der Waals surface area contributed by atoms with E-state index < -0.39 is 5.60 Å². The molecular formula is C13H17FO2. The third-order valence-corrected chi connectivity index (χ3v) is 3.16. The minimum atomic E-state index is -1.06. The molecule has 1 aromatic rings. The Morgan fingerprint density at radius 2 is 2.12 bits per heavy atom. The maximum atomic E-state index is 13.7. The quantitative estimate of drug-likeness (QED) is 0.794. The summed E-state index contributed by atoms with van der Waals surface area (Å²) in [7, 11) is 0. The number of halogens is 1. The molecule has 0 bridgehead atoms. The number of aliphatic hydroxyl groups is 1. The number of aryl methyl sites for hydroxylation is 1. The zero-order chi connectivity index (χ0) is 11.6. The van der Waals surface area contributed by atoms with E-state index in [9.17, 15) is 9.50 Å². The third-order valence-electron chi connectivity index (χ3n) is 3.16. The van der Waals surface area contributed by atoms with Crippen molar-refractivity contribution < 1.29 is 14.2 Å². The van der Waals surface area contributed by atoms with Gasteiger partial charge < -0.3 is 9.84 Å². The number of hydrogen-bond acceptors (Lipinski definition) is 2. The average molecular weight is 224 g/mol. The molecule has 0 aliphatic carbocycles. The zero-order valence-corrected chi connectivity index (χ0v) is 9.50. The highest BCUT2D eigenvalue weighted by Crippen LogP contribution is 2.34. The normalized spacial score (nSPS) is 26.4. The van der Waals surface area contributed by atoms with Crippen LogP contribution in [0.15, 0.2) is 18.2 Å². The van der Waals surface area contributed by atoms with Crippen LogP contribution in [0.3, 0.4) is 0 Å². The third kappa shape index (κ3) is 2.25. The predicted octanol–water partition coefficient (Wildman–Crippen LogP) is 2.52. The number of hydrogen-bond donors (Lipinski definition) is 1. The van der Waals surface area contributed by atoms with Gasteiger partial charge in [0.05, 0.1) is 5.60 Å². The van der Waals surface area contributed by atoms with Gasteiger partial charge in [0, 0.05) is 25.2 Å². The molecule has 3 heteroatoms. The Hall–Kier alpha value is -0.930. The largest absolute Gasteiger partial charge is 0.385 e. The second kappa shape index (κ2) is 4.52. The van der Waals surface area contributed by atoms with Gasteiger partial charge in [-0.05, 0) is 25.8 Å². The van der Waals surface area contributed by atoms with E-state index in [4.69, 9.17) is 4.74 Å². The Balaban J connectivity index is 2.36. The fourth-order valence-corrected chi connectivity index (χ4v) is 2.20. The van der Waals surface area contributed by atoms with Crippen molar-refractivity contribution in [2.24, 2.45) is 0 Å². The number of benzene rings is 1. The zero-order valence-electron chi connectivity index (χ0n) is 9.50. The van der Waals surface area contributed by atoms with Crippen LogP contribution in [0.4, 0.5) is 4.39 Å². The van der Waals surface area contributed by atoms with E-state index in [1.54, 1.807) is 12.1 Å². The molecule has 1 saturated heterocycles. The van der Waals surface area contributed by atoms with Gasteiger partial charge in [-0.15, -0.1) is 0 Å². The molecule has 88 valence electrons. The molecule has 1 unspecified atom stereocenters. The standard InChI is InChI=1S/C13H17FO2/c1-10-3-4-12(14)11(9-10)13(15)5-2-7-16-8-6-13/h3-4,9,15H,2,5-8H2,1H3. The van der Waals surface area contributed by atoms with Crippen molar-refractivity contribution in [3.63, 3.8) is 0 Å². The maximum Gasteiger partial charge on any atom is 0.129 e. The summed E-state index contributed by atoms with van der Waals surface area (Å²) in [4.78, 5) is 0. The van der Waals surface area contributed by atoms with Crippen molar-refractivity contribution in [2.75, 3.05) is 13.2 Å². The molecule has 0 radical (unpaired) electrons. The highest BCUT2D eigenvalue weighted by Gasteiger charge is 2.32. The molecule has 1 N–H and O–H groups in total. The first kappa shape index (κ1) is 11.6. The molecule has 2 nitrogen and oxygen atoms in total. The number of rotatable bonds is 1. The van der Waals surface area contributed by atoms with Gasteiger partial charge in [0.25, 0.3) is 0 Å². The molecule has 1 aliphatic heterocycles. The lowest BCUT2D eigenvalue weighted by atomic mass is 9.86. The molecule has 0 spiro atoms. The van der Waals surface area contributed by atoms with Gasteiger partial charge in [0.1, 0.15) is 5.82 Å². The molecule has 1 fully saturated rings. The van der Waals surface area contributed by atoms with Crippen LogP contribution in [0, 0.1) is 12.7 Å². The average Bonchev–Trinajstić information content (AvgIpc) is 2.48. The molecule has 1 aliphatic rings. The minimum Gasteiger partial charge on any atom is -0.385 e. The molecule has 16 heavy (non-hydrogen) atoms. The highest BCUT2D eigenvalue weighted by molar-refractivity contribution is 5.29. The van der Waals surface area contributed by atoms with Gasteiger partial charge >= 0.3 is 0 Å². The van der Waals surface area contributed by atoms with Gasteiger partial charge in [-0.25, -0.2) is 4.39 Å². The lowest BCUT2D eigenvalue weighted by Crippen LogP contribution is -2.27. The summed E-state index contributed by atoms with van der Waals surface area (Å²) in [6.45, 7) is 3.04. The molecule has 2 rings (SSSR count). The molecule has 0 amide bonds. The topological polar surface area (TPSA) is 29.5 Å². The van der Waals surface area contributed by atoms with Gasteiger partial charge in [-0.1, -0.05) is 17.7 Å². The molecule has 0 saturated carbocycles. The van der Waals surface area contributed by atoms with E-state index in [2.05, 4.69) is 0 Å². The monoisotopic (exact) mass is 224 g/mol. The van der Waals surface area contributed by atoms with Crippen molar-refractivity contribution >= 4 is 0 Å². The van der Waals surface area contributed by atoms with Gasteiger partial charge in [0.2, 0.25) is 0 Å². The Morgan fingerprint density at radius 3 is 2.94 bits per heavy atom. The first-order valence-electron chi connectivity index (χ1n) is 5.69. The lowest BCUT2D eigenvalue weighted by Gasteiger charge is -2.27. The second-order valence-corrected chi connectivity index (χ2v) is 4.48. The van der Waals surface area contributed by atoms with Crippen LogP contribution in [0.25, 0.3) is 0 Å². The Bertz CT molecular complexity index is 368. The van der Waals surface area contributed by atoms with E-state index in [0.717, 1.165) is 12.0 Å². The molecule has 0 aromatic heterocycles. The van der Waals surface area contributed by atoms with Crippen LogP contribution in [-0.4, -0.2) is 18.3 Å². The molecular weight excluding hydrogens is 207 g/mol. The van der Waals surface area contributed by atoms with E-state index in [0.29, 0.717) is 31.6 Å². The van der Waals surface area contributed by atoms with Crippen LogP contribution in [-0.2, 0) is 10.3 Å². The Morgan fingerprint density at radius 1 is 1.31 bits per heavy atom. The maximum absolute atomic E-state index is 13.7. The first-order valence-corrected chi connectivity index (χ1v) is 5.69. The summed E-state index contributed by atoms with van der Waals surface area (Å²) in [6.07, 6.45) is 1.80. The molecule has 1 aromatic carbocycles. The van der Waals surface area contributed by atoms with Crippen molar-refractivity contribution in [2.45, 2.75) is 31.8 Å². The summed E-state index contributed by atoms with van der Waals surface area (Å²) in [6, 6.07) is 4.88. The smallest absolute Gasteiger partial charge is 0.129 e. The fourth-order valence-electron chi connectivity index (χ4n) is 2.20. The van der Waals surface area contributed by atoms with Crippen LogP contribution in [0.1, 0.15) is 30.4 Å². The van der Waals surface area contributed by atoms with Crippen LogP contribution >= 0.6 is 0 Å². The van der Waals surface area contributed by atoms with Crippen LogP contribution in [0.5, 0.6) is 0 Å². The first-order chi connectivity index (χ1) is 7.62. The van der Waals surface area contributed by atoms with Crippen molar-refractivity contribution in [1.29, 1.82) is 0 Å². The van der Waals surface area contributed by atoms with Crippen molar-refractivity contribution in [3.8, 4) is 0 Å². The van der Waals surface area contributed by atoms with Gasteiger partial charge in [-0.3, -0.25) is 0 Å². The van der Waals surface area contributed by atoms with Crippen molar-refractivity contribution in [1.82, 2.24) is 0 Å². The predicted molar refractivity (Wildman–Crippen MR) is 59.7 cm³/mol. The summed E-state index contributed by atoms with van der Waals surface area (Å²) < 4.78 is 19.0. The summed E-state index contributed by atoms with van der Waals surface area (Å²) in [5.41, 5.74) is 0.320. The van der Waals surface area contributed by atoms with E-state index in [1.807, 2.05) is 6.92 Å². The lowest BCUT2D eigenvalue weighted by molar-refractivity contribution is 0.0112. The Labute approximate surface area is 95.1 Å². The van der Waals surface area contributed by atoms with E-state index in [-0.39, 0.29) is 5.82 Å². The summed E-state index contributed by atoms with van der Waals surface area (Å²) >= 11 is 0. The second-order valence-electron chi connectivity index (χ2n) is 4.48. The summed E-state index contributed by atoms with van der Waals surface area (Å²) in [5.74, 6) is -0.324. The van der Waals surface area contributed by atoms with E-state index in [1.165, 1.54) is 6.07 Å². The Kier molecular flexibility index (Phi) is 3.26. The number of ether oxygens (including phenoxy) is 1.